The summed E-state index contributed by atoms with van der Waals surface area (Å²) in [6, 6.07) is 9.39. The molecule has 2 rings (SSSR count). The molecule has 0 radical (unpaired) electrons. The Labute approximate surface area is 160 Å². The highest BCUT2D eigenvalue weighted by Crippen LogP contribution is 2.03. The molecule has 3 N–H and O–H groups in total. The number of ether oxygens (including phenoxy) is 1. The molecule has 1 aliphatic heterocycles. The summed E-state index contributed by atoms with van der Waals surface area (Å²) >= 11 is 0. The number of halogens is 1. The SMILES string of the molecule is CN=C(NCCN1CCOCC1)NCC(=O)Nc1ccccc1.I. The summed E-state index contributed by atoms with van der Waals surface area (Å²) in [7, 11) is 1.69. The van der Waals surface area contributed by atoms with Crippen molar-refractivity contribution in [3.8, 4) is 0 Å². The van der Waals surface area contributed by atoms with Crippen LogP contribution in [-0.2, 0) is 9.53 Å². The largest absolute Gasteiger partial charge is 0.379 e. The van der Waals surface area contributed by atoms with Crippen LogP contribution in [0.5, 0.6) is 0 Å². The van der Waals surface area contributed by atoms with Gasteiger partial charge in [-0.3, -0.25) is 14.7 Å². The van der Waals surface area contributed by atoms with Gasteiger partial charge in [-0.1, -0.05) is 18.2 Å². The van der Waals surface area contributed by atoms with Gasteiger partial charge in [0.1, 0.15) is 0 Å². The molecule has 0 aliphatic carbocycles. The van der Waals surface area contributed by atoms with Gasteiger partial charge in [-0.15, -0.1) is 24.0 Å². The van der Waals surface area contributed by atoms with E-state index in [1.807, 2.05) is 30.3 Å². The van der Waals surface area contributed by atoms with Crippen molar-refractivity contribution in [1.82, 2.24) is 15.5 Å². The van der Waals surface area contributed by atoms with Gasteiger partial charge in [-0.05, 0) is 12.1 Å². The molecule has 1 aromatic carbocycles. The van der Waals surface area contributed by atoms with Crippen LogP contribution in [0.1, 0.15) is 0 Å². The van der Waals surface area contributed by atoms with Crippen molar-refractivity contribution in [1.29, 1.82) is 0 Å². The highest BCUT2D eigenvalue weighted by atomic mass is 127. The maximum absolute atomic E-state index is 11.9. The van der Waals surface area contributed by atoms with Crippen molar-refractivity contribution < 1.29 is 9.53 Å². The number of hydrogen-bond donors (Lipinski definition) is 3. The Kier molecular flexibility index (Phi) is 10.4. The molecule has 1 fully saturated rings. The predicted molar refractivity (Wildman–Crippen MR) is 107 cm³/mol. The number of carbonyl (C=O) groups excluding carboxylic acids is 1. The van der Waals surface area contributed by atoms with Crippen LogP contribution in [-0.4, -0.2) is 69.8 Å². The number of carbonyl (C=O) groups is 1. The second-order valence-electron chi connectivity index (χ2n) is 5.22. The molecule has 8 heteroatoms. The van der Waals surface area contributed by atoms with Crippen LogP contribution < -0.4 is 16.0 Å². The first-order valence-corrected chi connectivity index (χ1v) is 7.87. The van der Waals surface area contributed by atoms with E-state index < -0.39 is 0 Å². The fourth-order valence-corrected chi connectivity index (χ4v) is 2.27. The Morgan fingerprint density at radius 3 is 2.58 bits per heavy atom. The number of nitrogens with zero attached hydrogens (tertiary/aromatic N) is 2. The van der Waals surface area contributed by atoms with Crippen molar-refractivity contribution in [2.75, 3.05) is 58.3 Å². The van der Waals surface area contributed by atoms with Gasteiger partial charge < -0.3 is 20.7 Å². The van der Waals surface area contributed by atoms with E-state index in [1.165, 1.54) is 0 Å². The Hall–Kier alpha value is -1.39. The van der Waals surface area contributed by atoms with E-state index >= 15 is 0 Å². The zero-order chi connectivity index (χ0) is 16.3. The lowest BCUT2D eigenvalue weighted by Gasteiger charge is -2.26. The highest BCUT2D eigenvalue weighted by molar-refractivity contribution is 14.0. The number of amides is 1. The maximum Gasteiger partial charge on any atom is 0.243 e. The van der Waals surface area contributed by atoms with Crippen LogP contribution in [0.4, 0.5) is 5.69 Å². The molecule has 0 spiro atoms. The van der Waals surface area contributed by atoms with Gasteiger partial charge in [0.25, 0.3) is 0 Å². The molecule has 1 heterocycles. The number of nitrogens with one attached hydrogen (secondary N) is 3. The predicted octanol–water partition coefficient (Wildman–Crippen LogP) is 0.740. The number of anilines is 1. The fraction of sp³-hybridized carbons (Fsp3) is 0.500. The van der Waals surface area contributed by atoms with Crippen molar-refractivity contribution in [2.24, 2.45) is 4.99 Å². The Balaban J connectivity index is 0.00000288. The molecule has 0 atom stereocenters. The zero-order valence-corrected chi connectivity index (χ0v) is 16.3. The van der Waals surface area contributed by atoms with Crippen LogP contribution in [0.15, 0.2) is 35.3 Å². The van der Waals surface area contributed by atoms with Gasteiger partial charge in [0.2, 0.25) is 5.91 Å². The summed E-state index contributed by atoms with van der Waals surface area (Å²) in [5.74, 6) is 0.522. The lowest BCUT2D eigenvalue weighted by Crippen LogP contribution is -2.45. The van der Waals surface area contributed by atoms with Crippen LogP contribution in [0.2, 0.25) is 0 Å². The third-order valence-electron chi connectivity index (χ3n) is 3.52. The smallest absolute Gasteiger partial charge is 0.243 e. The van der Waals surface area contributed by atoms with E-state index in [0.717, 1.165) is 45.1 Å². The first-order chi connectivity index (χ1) is 11.3. The third kappa shape index (κ3) is 7.93. The Morgan fingerprint density at radius 2 is 1.92 bits per heavy atom. The number of rotatable bonds is 6. The minimum absolute atomic E-state index is 0. The quantitative estimate of drug-likeness (QED) is 0.341. The Morgan fingerprint density at radius 1 is 1.21 bits per heavy atom. The molecule has 0 bridgehead atoms. The van der Waals surface area contributed by atoms with Crippen molar-refractivity contribution >= 4 is 41.5 Å². The van der Waals surface area contributed by atoms with Gasteiger partial charge >= 0.3 is 0 Å². The van der Waals surface area contributed by atoms with Gasteiger partial charge in [-0.2, -0.15) is 0 Å². The summed E-state index contributed by atoms with van der Waals surface area (Å²) in [5, 5.41) is 9.05. The van der Waals surface area contributed by atoms with E-state index in [4.69, 9.17) is 4.74 Å². The minimum atomic E-state index is -0.104. The number of morpholine rings is 1. The topological polar surface area (TPSA) is 78.0 Å². The van der Waals surface area contributed by atoms with E-state index in [-0.39, 0.29) is 36.4 Å². The second-order valence-corrected chi connectivity index (χ2v) is 5.22. The van der Waals surface area contributed by atoms with Crippen LogP contribution in [0.25, 0.3) is 0 Å². The summed E-state index contributed by atoms with van der Waals surface area (Å²) in [6.07, 6.45) is 0. The number of aliphatic imine (C=N–C) groups is 1. The minimum Gasteiger partial charge on any atom is -0.379 e. The molecule has 0 aromatic heterocycles. The fourth-order valence-electron chi connectivity index (χ4n) is 2.27. The summed E-state index contributed by atoms with van der Waals surface area (Å²) < 4.78 is 5.32. The number of guanidine groups is 1. The summed E-state index contributed by atoms with van der Waals surface area (Å²) in [5.41, 5.74) is 0.787. The van der Waals surface area contributed by atoms with Gasteiger partial charge in [0, 0.05) is 38.9 Å². The molecule has 1 amide bonds. The van der Waals surface area contributed by atoms with Gasteiger partial charge in [-0.25, -0.2) is 0 Å². The standard InChI is InChI=1S/C16H25N5O2.HI/c1-17-16(18-7-8-21-9-11-23-12-10-21)19-13-15(22)20-14-5-3-2-4-6-14;/h2-6H,7-13H2,1H3,(H,20,22)(H2,17,18,19);1H. The monoisotopic (exact) mass is 447 g/mol. The molecule has 1 saturated heterocycles. The summed E-state index contributed by atoms with van der Waals surface area (Å²) in [4.78, 5) is 18.3. The summed E-state index contributed by atoms with van der Waals surface area (Å²) in [6.45, 7) is 5.41. The zero-order valence-electron chi connectivity index (χ0n) is 14.0. The van der Waals surface area contributed by atoms with E-state index in [1.54, 1.807) is 7.05 Å². The molecule has 1 aromatic rings. The molecule has 0 saturated carbocycles. The second kappa shape index (κ2) is 12.0. The maximum atomic E-state index is 11.9. The molecular formula is C16H26IN5O2. The van der Waals surface area contributed by atoms with Crippen molar-refractivity contribution in [2.45, 2.75) is 0 Å². The average molecular weight is 447 g/mol. The van der Waals surface area contributed by atoms with Gasteiger partial charge in [0.05, 0.1) is 19.8 Å². The normalized spacial score (nSPS) is 15.3. The highest BCUT2D eigenvalue weighted by Gasteiger charge is 2.10. The van der Waals surface area contributed by atoms with E-state index in [2.05, 4.69) is 25.8 Å². The first-order valence-electron chi connectivity index (χ1n) is 7.87. The molecule has 7 nitrogen and oxygen atoms in total. The van der Waals surface area contributed by atoms with E-state index in [0.29, 0.717) is 5.96 Å². The first kappa shape index (κ1) is 20.7. The van der Waals surface area contributed by atoms with Crippen LogP contribution in [0.3, 0.4) is 0 Å². The van der Waals surface area contributed by atoms with Crippen LogP contribution >= 0.6 is 24.0 Å². The molecule has 1 aliphatic rings. The third-order valence-corrected chi connectivity index (χ3v) is 3.52. The van der Waals surface area contributed by atoms with Crippen molar-refractivity contribution in [3.05, 3.63) is 30.3 Å². The lowest BCUT2D eigenvalue weighted by molar-refractivity contribution is -0.115. The molecular weight excluding hydrogens is 421 g/mol. The number of benzene rings is 1. The van der Waals surface area contributed by atoms with Gasteiger partial charge in [0.15, 0.2) is 5.96 Å². The number of hydrogen-bond acceptors (Lipinski definition) is 4. The molecule has 134 valence electrons. The van der Waals surface area contributed by atoms with E-state index in [9.17, 15) is 4.79 Å². The average Bonchev–Trinajstić information content (AvgIpc) is 2.59. The lowest BCUT2D eigenvalue weighted by atomic mass is 10.3. The van der Waals surface area contributed by atoms with Crippen molar-refractivity contribution in [3.63, 3.8) is 0 Å². The molecule has 24 heavy (non-hydrogen) atoms. The Bertz CT molecular complexity index is 506. The molecule has 0 unspecified atom stereocenters. The van der Waals surface area contributed by atoms with Crippen LogP contribution in [0, 0.1) is 0 Å². The number of para-hydroxylation sites is 1.